The van der Waals surface area contributed by atoms with Gasteiger partial charge in [-0.2, -0.15) is 0 Å². The van der Waals surface area contributed by atoms with Crippen molar-refractivity contribution in [2.45, 2.75) is 13.3 Å². The van der Waals surface area contributed by atoms with E-state index in [1.54, 1.807) is 34.5 Å². The molecule has 0 spiro atoms. The van der Waals surface area contributed by atoms with Crippen LogP contribution in [-0.4, -0.2) is 24.5 Å². The van der Waals surface area contributed by atoms with Gasteiger partial charge in [0.2, 0.25) is 0 Å². The van der Waals surface area contributed by atoms with Crippen molar-refractivity contribution >= 4 is 32.7 Å². The van der Waals surface area contributed by atoms with Gasteiger partial charge in [0.1, 0.15) is 11.2 Å². The molecule has 0 N–H and O–H groups in total. The van der Waals surface area contributed by atoms with Gasteiger partial charge in [-0.1, -0.05) is 24.3 Å². The quantitative estimate of drug-likeness (QED) is 0.354. The predicted octanol–water partition coefficient (Wildman–Crippen LogP) is 5.35. The number of aryl methyl sites for hydroxylation is 1. The van der Waals surface area contributed by atoms with Gasteiger partial charge >= 0.3 is 0 Å². The normalized spacial score (nSPS) is 11.3. The first kappa shape index (κ1) is 20.4. The third-order valence-electron chi connectivity index (χ3n) is 5.71. The van der Waals surface area contributed by atoms with E-state index >= 15 is 0 Å². The van der Waals surface area contributed by atoms with E-state index in [2.05, 4.69) is 38.1 Å². The Kier molecular flexibility index (Phi) is 4.96. The lowest BCUT2D eigenvalue weighted by atomic mass is 10.0. The van der Waals surface area contributed by atoms with Gasteiger partial charge in [-0.15, -0.1) is 11.3 Å². The Labute approximate surface area is 199 Å². The van der Waals surface area contributed by atoms with E-state index in [-0.39, 0.29) is 5.56 Å². The van der Waals surface area contributed by atoms with Crippen LogP contribution in [0, 0.1) is 6.92 Å². The van der Waals surface area contributed by atoms with Crippen molar-refractivity contribution in [3.63, 3.8) is 0 Å². The fourth-order valence-electron chi connectivity index (χ4n) is 4.16. The van der Waals surface area contributed by atoms with Gasteiger partial charge in [-0.05, 0) is 66.1 Å². The Morgan fingerprint density at radius 1 is 0.882 bits per heavy atom. The molecule has 0 bridgehead atoms. The van der Waals surface area contributed by atoms with Gasteiger partial charge in [-0.3, -0.25) is 14.3 Å². The maximum Gasteiger partial charge on any atom is 0.278 e. The Morgan fingerprint density at radius 2 is 1.76 bits per heavy atom. The molecular formula is C27H19N5OS. The zero-order chi connectivity index (χ0) is 23.1. The third-order valence-corrected chi connectivity index (χ3v) is 6.66. The molecule has 0 saturated heterocycles. The number of pyridine rings is 2. The summed E-state index contributed by atoms with van der Waals surface area (Å²) < 4.78 is 2.82. The van der Waals surface area contributed by atoms with Crippen molar-refractivity contribution in [1.82, 2.24) is 24.5 Å². The second-order valence-electron chi connectivity index (χ2n) is 8.05. The molecule has 0 amide bonds. The molecular weight excluding hydrogens is 442 g/mol. The van der Waals surface area contributed by atoms with Crippen LogP contribution in [0.5, 0.6) is 0 Å². The van der Waals surface area contributed by atoms with Gasteiger partial charge < -0.3 is 0 Å². The third kappa shape index (κ3) is 3.66. The average molecular weight is 462 g/mol. The lowest BCUT2D eigenvalue weighted by Gasteiger charge is -2.13. The average Bonchev–Trinajstić information content (AvgIpc) is 3.24. The molecule has 164 valence electrons. The molecule has 4 aromatic heterocycles. The van der Waals surface area contributed by atoms with Gasteiger partial charge in [0, 0.05) is 25.0 Å². The summed E-state index contributed by atoms with van der Waals surface area (Å²) in [6.45, 7) is 2.02. The highest BCUT2D eigenvalue weighted by Gasteiger charge is 2.15. The van der Waals surface area contributed by atoms with Gasteiger partial charge in [-0.25, -0.2) is 15.0 Å². The number of thiazole rings is 1. The lowest BCUT2D eigenvalue weighted by Crippen LogP contribution is -2.25. The highest BCUT2D eigenvalue weighted by molar-refractivity contribution is 7.18. The Morgan fingerprint density at radius 3 is 2.65 bits per heavy atom. The zero-order valence-corrected chi connectivity index (χ0v) is 19.2. The first-order chi connectivity index (χ1) is 16.7. The molecule has 6 rings (SSSR count). The van der Waals surface area contributed by atoms with Crippen molar-refractivity contribution in [2.24, 2.45) is 0 Å². The van der Waals surface area contributed by atoms with Crippen LogP contribution < -0.4 is 5.56 Å². The largest absolute Gasteiger partial charge is 0.278 e. The highest BCUT2D eigenvalue weighted by Crippen LogP contribution is 2.29. The van der Waals surface area contributed by atoms with Crippen molar-refractivity contribution in [1.29, 1.82) is 0 Å². The number of fused-ring (bicyclic) bond motifs is 2. The van der Waals surface area contributed by atoms with Crippen LogP contribution in [-0.2, 0) is 6.42 Å². The van der Waals surface area contributed by atoms with Gasteiger partial charge in [0.15, 0.2) is 5.65 Å². The summed E-state index contributed by atoms with van der Waals surface area (Å²) in [6.07, 6.45) is 5.56. The maximum absolute atomic E-state index is 13.6. The van der Waals surface area contributed by atoms with E-state index in [1.165, 1.54) is 0 Å². The molecule has 6 nitrogen and oxygen atoms in total. The second-order valence-corrected chi connectivity index (χ2v) is 9.28. The topological polar surface area (TPSA) is 73.6 Å². The maximum atomic E-state index is 13.6. The summed E-state index contributed by atoms with van der Waals surface area (Å²) in [5.74, 6) is 0. The molecule has 7 heteroatoms. The Balaban J connectivity index is 1.52. The Bertz CT molecular complexity index is 1720. The smallest absolute Gasteiger partial charge is 0.267 e. The Hall–Kier alpha value is -4.23. The molecule has 0 aliphatic carbocycles. The second kappa shape index (κ2) is 8.28. The summed E-state index contributed by atoms with van der Waals surface area (Å²) in [5.41, 5.74) is 6.20. The van der Waals surface area contributed by atoms with Crippen LogP contribution in [0.3, 0.4) is 0 Å². The molecule has 0 saturated carbocycles. The van der Waals surface area contributed by atoms with Crippen LogP contribution >= 0.6 is 11.3 Å². The fraction of sp³-hybridized carbons (Fsp3) is 0.0741. The summed E-state index contributed by atoms with van der Waals surface area (Å²) >= 11 is 1.69. The van der Waals surface area contributed by atoms with Crippen LogP contribution in [0.4, 0.5) is 0 Å². The van der Waals surface area contributed by atoms with Crippen molar-refractivity contribution in [3.8, 4) is 16.8 Å². The van der Waals surface area contributed by atoms with E-state index in [0.29, 0.717) is 23.3 Å². The highest BCUT2D eigenvalue weighted by atomic mass is 32.1. The number of hydrogen-bond donors (Lipinski definition) is 0. The standard InChI is InChI=1S/C27H19N5OS/c1-17-30-23-15-20(9-10-25(23)34-17)19-6-2-7-21(14-19)32-26-22(8-4-12-29-26)31-24(27(32)33)13-18-5-3-11-28-16-18/h2-12,14-16H,13H2,1H3. The molecule has 0 aliphatic heterocycles. The predicted molar refractivity (Wildman–Crippen MR) is 136 cm³/mol. The summed E-state index contributed by atoms with van der Waals surface area (Å²) in [4.78, 5) is 31.6. The molecule has 0 aliphatic rings. The first-order valence-electron chi connectivity index (χ1n) is 10.9. The lowest BCUT2D eigenvalue weighted by molar-refractivity contribution is 0.925. The van der Waals surface area contributed by atoms with Crippen molar-refractivity contribution in [3.05, 3.63) is 112 Å². The number of nitrogens with zero attached hydrogens (tertiary/aromatic N) is 5. The van der Waals surface area contributed by atoms with Crippen LogP contribution in [0.1, 0.15) is 16.3 Å². The SMILES string of the molecule is Cc1nc2cc(-c3cccc(-n4c(=O)c(Cc5cccnc5)nc5cccnc54)c3)ccc2s1. The minimum absolute atomic E-state index is 0.183. The number of aromatic nitrogens is 5. The first-order valence-corrected chi connectivity index (χ1v) is 11.7. The molecule has 0 unspecified atom stereocenters. The van der Waals surface area contributed by atoms with Gasteiger partial charge in [0.25, 0.3) is 5.56 Å². The minimum Gasteiger partial charge on any atom is -0.267 e. The summed E-state index contributed by atoms with van der Waals surface area (Å²) in [5, 5.41) is 1.04. The molecule has 6 aromatic rings. The molecule has 2 aromatic carbocycles. The van der Waals surface area contributed by atoms with Crippen LogP contribution in [0.2, 0.25) is 0 Å². The van der Waals surface area contributed by atoms with E-state index in [9.17, 15) is 4.79 Å². The van der Waals surface area contributed by atoms with Crippen molar-refractivity contribution < 1.29 is 0 Å². The van der Waals surface area contributed by atoms with E-state index in [4.69, 9.17) is 0 Å². The van der Waals surface area contributed by atoms with Crippen LogP contribution in [0.25, 0.3) is 38.2 Å². The van der Waals surface area contributed by atoms with Gasteiger partial charge in [0.05, 0.1) is 20.9 Å². The minimum atomic E-state index is -0.183. The van der Waals surface area contributed by atoms with Crippen molar-refractivity contribution in [2.75, 3.05) is 0 Å². The summed E-state index contributed by atoms with van der Waals surface area (Å²) in [6, 6.07) is 21.8. The molecule has 0 radical (unpaired) electrons. The van der Waals surface area contributed by atoms with E-state index in [0.717, 1.165) is 37.6 Å². The molecule has 4 heterocycles. The molecule has 0 atom stereocenters. The molecule has 34 heavy (non-hydrogen) atoms. The zero-order valence-electron chi connectivity index (χ0n) is 18.3. The van der Waals surface area contributed by atoms with E-state index in [1.807, 2.05) is 55.5 Å². The number of benzene rings is 2. The summed E-state index contributed by atoms with van der Waals surface area (Å²) in [7, 11) is 0. The number of rotatable bonds is 4. The van der Waals surface area contributed by atoms with E-state index < -0.39 is 0 Å². The van der Waals surface area contributed by atoms with Crippen LogP contribution in [0.15, 0.2) is 90.1 Å². The number of hydrogen-bond acceptors (Lipinski definition) is 6. The monoisotopic (exact) mass is 461 g/mol. The molecule has 0 fully saturated rings. The fourth-order valence-corrected chi connectivity index (χ4v) is 4.97.